The van der Waals surface area contributed by atoms with E-state index < -0.39 is 0 Å². The van der Waals surface area contributed by atoms with E-state index in [1.54, 1.807) is 0 Å². The Kier molecular flexibility index (Phi) is 5.70. The summed E-state index contributed by atoms with van der Waals surface area (Å²) in [5.41, 5.74) is 13.7. The molecule has 0 radical (unpaired) electrons. The normalized spacial score (nSPS) is 13.5. The van der Waals surface area contributed by atoms with Crippen LogP contribution < -0.4 is 0 Å². The molecule has 1 aliphatic rings. The molecule has 0 fully saturated rings. The molecule has 0 amide bonds. The van der Waals surface area contributed by atoms with Gasteiger partial charge in [0.25, 0.3) is 0 Å². The SMILES string of the molecule is CC1(C)c2ccccc2-c2c1ccc1c3ccc(-n4c5ccccc5c5ccccc54)cc3n(-c3nc(-c4ccccc4)c4ccccc4n3)c21. The van der Waals surface area contributed by atoms with E-state index in [0.29, 0.717) is 5.95 Å². The van der Waals surface area contributed by atoms with E-state index >= 15 is 0 Å². The third-order valence-electron chi connectivity index (χ3n) is 11.1. The average molecular weight is 653 g/mol. The number of fused-ring (bicyclic) bond motifs is 11. The van der Waals surface area contributed by atoms with Crippen LogP contribution in [-0.4, -0.2) is 19.1 Å². The highest BCUT2D eigenvalue weighted by atomic mass is 15.2. The maximum absolute atomic E-state index is 5.47. The van der Waals surface area contributed by atoms with Crippen molar-refractivity contribution in [2.45, 2.75) is 19.3 Å². The lowest BCUT2D eigenvalue weighted by molar-refractivity contribution is 0.661. The second-order valence-corrected chi connectivity index (χ2v) is 14.2. The number of hydrogen-bond acceptors (Lipinski definition) is 2. The molecular weight excluding hydrogens is 621 g/mol. The molecule has 0 aliphatic heterocycles. The van der Waals surface area contributed by atoms with Crippen LogP contribution in [0, 0.1) is 0 Å². The van der Waals surface area contributed by atoms with Crippen molar-refractivity contribution in [1.82, 2.24) is 19.1 Å². The van der Waals surface area contributed by atoms with Gasteiger partial charge in [-0.15, -0.1) is 0 Å². The molecule has 240 valence electrons. The number of rotatable bonds is 3. The number of hydrogen-bond donors (Lipinski definition) is 0. The topological polar surface area (TPSA) is 35.6 Å². The zero-order valence-electron chi connectivity index (χ0n) is 28.3. The van der Waals surface area contributed by atoms with E-state index in [1.165, 1.54) is 54.8 Å². The second-order valence-electron chi connectivity index (χ2n) is 14.2. The van der Waals surface area contributed by atoms with Gasteiger partial charge in [0.15, 0.2) is 0 Å². The maximum atomic E-state index is 5.47. The van der Waals surface area contributed by atoms with Crippen molar-refractivity contribution in [3.8, 4) is 34.0 Å². The molecule has 4 nitrogen and oxygen atoms in total. The van der Waals surface area contributed by atoms with Crippen molar-refractivity contribution in [1.29, 1.82) is 0 Å². The summed E-state index contributed by atoms with van der Waals surface area (Å²) < 4.78 is 4.74. The molecule has 3 aromatic heterocycles. The molecule has 0 spiro atoms. The van der Waals surface area contributed by atoms with E-state index in [9.17, 15) is 0 Å². The number of nitrogens with zero attached hydrogens (tertiary/aromatic N) is 4. The minimum atomic E-state index is -0.144. The Morgan fingerprint density at radius 1 is 0.471 bits per heavy atom. The van der Waals surface area contributed by atoms with Crippen molar-refractivity contribution < 1.29 is 0 Å². The van der Waals surface area contributed by atoms with E-state index in [2.05, 4.69) is 181 Å². The number of para-hydroxylation sites is 3. The average Bonchev–Trinajstić information content (AvgIpc) is 3.78. The largest absolute Gasteiger partial charge is 0.309 e. The van der Waals surface area contributed by atoms with Gasteiger partial charge in [0.05, 0.1) is 33.3 Å². The van der Waals surface area contributed by atoms with Crippen molar-refractivity contribution in [2.24, 2.45) is 0 Å². The quantitative estimate of drug-likeness (QED) is 0.190. The Morgan fingerprint density at radius 3 is 1.88 bits per heavy atom. The minimum absolute atomic E-state index is 0.144. The van der Waals surface area contributed by atoms with Gasteiger partial charge in [-0.05, 0) is 47.0 Å². The van der Waals surface area contributed by atoms with Crippen LogP contribution in [0.25, 0.3) is 88.5 Å². The molecule has 0 N–H and O–H groups in total. The smallest absolute Gasteiger partial charge is 0.235 e. The van der Waals surface area contributed by atoms with Crippen molar-refractivity contribution >= 4 is 54.5 Å². The summed E-state index contributed by atoms with van der Waals surface area (Å²) in [7, 11) is 0. The van der Waals surface area contributed by atoms with Crippen LogP contribution in [-0.2, 0) is 5.41 Å². The van der Waals surface area contributed by atoms with Crippen LogP contribution in [0.15, 0.2) is 158 Å². The summed E-state index contributed by atoms with van der Waals surface area (Å²) in [5.74, 6) is 0.669. The van der Waals surface area contributed by atoms with Gasteiger partial charge in [0.1, 0.15) is 0 Å². The first-order valence-electron chi connectivity index (χ1n) is 17.6. The summed E-state index contributed by atoms with van der Waals surface area (Å²) in [6.07, 6.45) is 0. The molecule has 0 saturated heterocycles. The summed E-state index contributed by atoms with van der Waals surface area (Å²) in [5, 5.41) is 5.91. The molecule has 3 heterocycles. The van der Waals surface area contributed by atoms with Gasteiger partial charge >= 0.3 is 0 Å². The van der Waals surface area contributed by atoms with Crippen LogP contribution in [0.3, 0.4) is 0 Å². The molecule has 0 bridgehead atoms. The fourth-order valence-corrected chi connectivity index (χ4v) is 8.81. The summed E-state index contributed by atoms with van der Waals surface area (Å²) in [6.45, 7) is 4.69. The van der Waals surface area contributed by atoms with Crippen LogP contribution in [0.4, 0.5) is 0 Å². The molecule has 11 rings (SSSR count). The molecule has 1 aliphatic carbocycles. The third kappa shape index (κ3) is 3.85. The van der Waals surface area contributed by atoms with E-state index in [4.69, 9.17) is 9.97 Å². The Morgan fingerprint density at radius 2 is 1.10 bits per heavy atom. The van der Waals surface area contributed by atoms with Gasteiger partial charge in [-0.3, -0.25) is 4.57 Å². The molecule has 0 atom stereocenters. The molecule has 0 unspecified atom stereocenters. The predicted molar refractivity (Wildman–Crippen MR) is 211 cm³/mol. The highest BCUT2D eigenvalue weighted by molar-refractivity contribution is 6.16. The first-order chi connectivity index (χ1) is 25.1. The zero-order chi connectivity index (χ0) is 33.8. The summed E-state index contributed by atoms with van der Waals surface area (Å²) in [6, 6.07) is 56.7. The van der Waals surface area contributed by atoms with Crippen molar-refractivity contribution in [3.05, 3.63) is 169 Å². The van der Waals surface area contributed by atoms with Gasteiger partial charge in [0, 0.05) is 49.2 Å². The predicted octanol–water partition coefficient (Wildman–Crippen LogP) is 11.8. The second kappa shape index (κ2) is 10.3. The molecule has 51 heavy (non-hydrogen) atoms. The van der Waals surface area contributed by atoms with Gasteiger partial charge in [-0.25, -0.2) is 9.97 Å². The lowest BCUT2D eigenvalue weighted by Gasteiger charge is -2.21. The van der Waals surface area contributed by atoms with Gasteiger partial charge in [-0.1, -0.05) is 141 Å². The van der Waals surface area contributed by atoms with Crippen molar-refractivity contribution in [3.63, 3.8) is 0 Å². The fraction of sp³-hybridized carbons (Fsp3) is 0.0638. The minimum Gasteiger partial charge on any atom is -0.309 e. The molecule has 4 heteroatoms. The lowest BCUT2D eigenvalue weighted by Crippen LogP contribution is -2.14. The number of aromatic nitrogens is 4. The molecule has 0 saturated carbocycles. The Hall–Kier alpha value is -6.52. The van der Waals surface area contributed by atoms with Gasteiger partial charge in [0.2, 0.25) is 5.95 Å². The van der Waals surface area contributed by atoms with Crippen LogP contribution in [0.1, 0.15) is 25.0 Å². The van der Waals surface area contributed by atoms with E-state index in [1.807, 2.05) is 0 Å². The Labute approximate surface area is 294 Å². The van der Waals surface area contributed by atoms with Crippen molar-refractivity contribution in [2.75, 3.05) is 0 Å². The van der Waals surface area contributed by atoms with Gasteiger partial charge < -0.3 is 4.57 Å². The zero-order valence-corrected chi connectivity index (χ0v) is 28.3. The highest BCUT2D eigenvalue weighted by Crippen LogP contribution is 2.53. The lowest BCUT2D eigenvalue weighted by atomic mass is 9.82. The number of benzene rings is 7. The Balaban J connectivity index is 1.31. The first-order valence-corrected chi connectivity index (χ1v) is 17.6. The summed E-state index contributed by atoms with van der Waals surface area (Å²) in [4.78, 5) is 10.8. The van der Waals surface area contributed by atoms with Crippen LogP contribution in [0.2, 0.25) is 0 Å². The van der Waals surface area contributed by atoms with E-state index in [-0.39, 0.29) is 5.41 Å². The van der Waals surface area contributed by atoms with E-state index in [0.717, 1.165) is 38.9 Å². The first kappa shape index (κ1) is 28.3. The van der Waals surface area contributed by atoms with Gasteiger partial charge in [-0.2, -0.15) is 0 Å². The fourth-order valence-electron chi connectivity index (χ4n) is 8.81. The Bertz CT molecular complexity index is 3000. The maximum Gasteiger partial charge on any atom is 0.235 e. The summed E-state index contributed by atoms with van der Waals surface area (Å²) >= 11 is 0. The van der Waals surface area contributed by atoms with Crippen LogP contribution >= 0.6 is 0 Å². The van der Waals surface area contributed by atoms with Crippen LogP contribution in [0.5, 0.6) is 0 Å². The standard InChI is InChI=1S/C47H32N4/c1-47(2)37-20-10-6-18-35(37)43-38(47)27-26-34-33-25-24-30(50-40-22-12-8-16-31(40)32-17-9-13-23-41(32)50)28-42(33)51(45(34)43)46-48-39-21-11-7-19-36(39)44(49-46)29-14-4-3-5-15-29/h3-28H,1-2H3. The molecule has 10 aromatic rings. The highest BCUT2D eigenvalue weighted by Gasteiger charge is 2.38. The molecular formula is C47H32N4. The molecule has 7 aromatic carbocycles. The third-order valence-corrected chi connectivity index (χ3v) is 11.1. The monoisotopic (exact) mass is 652 g/mol.